The number of hydrogen-bond donors (Lipinski definition) is 1. The Morgan fingerprint density at radius 3 is 2.65 bits per heavy atom. The molecule has 3 rings (SSSR count). The van der Waals surface area contributed by atoms with Crippen LogP contribution >= 0.6 is 0 Å². The summed E-state index contributed by atoms with van der Waals surface area (Å²) in [6, 6.07) is 12.9. The lowest BCUT2D eigenvalue weighted by Crippen LogP contribution is -2.52. The number of nitrogens with one attached hydrogen (secondary N) is 1. The molecule has 0 aliphatic carbocycles. The van der Waals surface area contributed by atoms with Crippen molar-refractivity contribution in [3.8, 4) is 0 Å². The van der Waals surface area contributed by atoms with Gasteiger partial charge in [0.25, 0.3) is 0 Å². The number of amides is 1. The molecule has 26 heavy (non-hydrogen) atoms. The van der Waals surface area contributed by atoms with Crippen LogP contribution in [-0.4, -0.2) is 36.5 Å². The zero-order chi connectivity index (χ0) is 18.7. The Hall–Kier alpha value is -2.07. The van der Waals surface area contributed by atoms with Gasteiger partial charge in [0.2, 0.25) is 5.91 Å². The zero-order valence-corrected chi connectivity index (χ0v) is 16.2. The molecule has 1 aliphatic heterocycles. The van der Waals surface area contributed by atoms with Crippen LogP contribution in [0.5, 0.6) is 0 Å². The fourth-order valence-corrected chi connectivity index (χ4v) is 3.86. The summed E-state index contributed by atoms with van der Waals surface area (Å²) in [6.07, 6.45) is 3.08. The molecule has 1 aliphatic rings. The van der Waals surface area contributed by atoms with Gasteiger partial charge in [0, 0.05) is 25.0 Å². The standard InChI is InChI=1S/C22H30N2O2/c1-15-7-9-18(10-8-15)19(21-6-5-11-26-21)13-22(25)23-20-12-17(3)24(4)14-16(20)2/h5-11,16-17,19-20H,12-14H2,1-4H3,(H,23,25)/t16-,17+,19+,20-/m1/s1. The smallest absolute Gasteiger partial charge is 0.221 e. The Morgan fingerprint density at radius 1 is 1.27 bits per heavy atom. The van der Waals surface area contributed by atoms with Gasteiger partial charge in [-0.25, -0.2) is 0 Å². The molecule has 1 N–H and O–H groups in total. The van der Waals surface area contributed by atoms with Crippen LogP contribution in [0.25, 0.3) is 0 Å². The van der Waals surface area contributed by atoms with Gasteiger partial charge in [0.15, 0.2) is 0 Å². The Kier molecular flexibility index (Phi) is 5.82. The predicted octanol–water partition coefficient (Wildman–Crippen LogP) is 3.95. The predicted molar refractivity (Wildman–Crippen MR) is 104 cm³/mol. The summed E-state index contributed by atoms with van der Waals surface area (Å²) in [7, 11) is 2.16. The SMILES string of the molecule is Cc1ccc([C@H](CC(=O)N[C@@H]2C[C@H](C)N(C)C[C@H]2C)c2ccco2)cc1. The van der Waals surface area contributed by atoms with Gasteiger partial charge in [-0.1, -0.05) is 36.8 Å². The lowest BCUT2D eigenvalue weighted by atomic mass is 9.88. The summed E-state index contributed by atoms with van der Waals surface area (Å²) in [6.45, 7) is 7.53. The molecule has 1 aromatic carbocycles. The second-order valence-corrected chi connectivity index (χ2v) is 7.86. The molecule has 140 valence electrons. The monoisotopic (exact) mass is 354 g/mol. The molecule has 0 unspecified atom stereocenters. The van der Waals surface area contributed by atoms with Gasteiger partial charge in [-0.15, -0.1) is 0 Å². The van der Waals surface area contributed by atoms with Crippen molar-refractivity contribution in [2.75, 3.05) is 13.6 Å². The average molecular weight is 354 g/mol. The molecular formula is C22H30N2O2. The Bertz CT molecular complexity index is 708. The van der Waals surface area contributed by atoms with Crippen LogP contribution in [0.2, 0.25) is 0 Å². The number of carbonyl (C=O) groups is 1. The van der Waals surface area contributed by atoms with Crippen LogP contribution in [0.1, 0.15) is 49.5 Å². The minimum absolute atomic E-state index is 0.0513. The van der Waals surface area contributed by atoms with Gasteiger partial charge in [0.05, 0.1) is 12.2 Å². The molecule has 4 nitrogen and oxygen atoms in total. The fourth-order valence-electron chi connectivity index (χ4n) is 3.86. The van der Waals surface area contributed by atoms with Crippen molar-refractivity contribution in [2.45, 2.75) is 51.6 Å². The molecule has 0 spiro atoms. The number of carbonyl (C=O) groups excluding carboxylic acids is 1. The average Bonchev–Trinajstić information content (AvgIpc) is 3.13. The quantitative estimate of drug-likeness (QED) is 0.884. The number of likely N-dealkylation sites (tertiary alicyclic amines) is 1. The van der Waals surface area contributed by atoms with Crippen molar-refractivity contribution in [3.05, 3.63) is 59.5 Å². The van der Waals surface area contributed by atoms with Crippen LogP contribution in [0.15, 0.2) is 47.1 Å². The van der Waals surface area contributed by atoms with E-state index in [1.54, 1.807) is 6.26 Å². The lowest BCUT2D eigenvalue weighted by Gasteiger charge is -2.40. The maximum atomic E-state index is 12.8. The highest BCUT2D eigenvalue weighted by Gasteiger charge is 2.31. The normalized spacial score (nSPS) is 25.0. The minimum atomic E-state index is -0.0513. The molecule has 1 fully saturated rings. The van der Waals surface area contributed by atoms with Crippen molar-refractivity contribution < 1.29 is 9.21 Å². The third kappa shape index (κ3) is 4.36. The first-order valence-corrected chi connectivity index (χ1v) is 9.53. The zero-order valence-electron chi connectivity index (χ0n) is 16.2. The molecule has 0 bridgehead atoms. The second-order valence-electron chi connectivity index (χ2n) is 7.86. The van der Waals surface area contributed by atoms with Gasteiger partial charge in [-0.3, -0.25) is 4.79 Å². The van der Waals surface area contributed by atoms with Gasteiger partial charge in [-0.05, 0) is 50.9 Å². The van der Waals surface area contributed by atoms with E-state index in [2.05, 4.69) is 62.3 Å². The van der Waals surface area contributed by atoms with Gasteiger partial charge >= 0.3 is 0 Å². The van der Waals surface area contributed by atoms with Crippen molar-refractivity contribution in [3.63, 3.8) is 0 Å². The molecule has 1 saturated heterocycles. The molecule has 0 radical (unpaired) electrons. The molecule has 4 heteroatoms. The van der Waals surface area contributed by atoms with E-state index in [9.17, 15) is 4.79 Å². The first-order chi connectivity index (χ1) is 12.4. The Balaban J connectivity index is 1.71. The van der Waals surface area contributed by atoms with Gasteiger partial charge < -0.3 is 14.6 Å². The van der Waals surface area contributed by atoms with E-state index in [4.69, 9.17) is 4.42 Å². The van der Waals surface area contributed by atoms with Gasteiger partial charge in [-0.2, -0.15) is 0 Å². The molecule has 1 amide bonds. The maximum absolute atomic E-state index is 12.8. The summed E-state index contributed by atoms with van der Waals surface area (Å²) < 4.78 is 5.64. The van der Waals surface area contributed by atoms with Crippen molar-refractivity contribution in [2.24, 2.45) is 5.92 Å². The van der Waals surface area contributed by atoms with E-state index in [0.717, 1.165) is 24.3 Å². The van der Waals surface area contributed by atoms with E-state index in [0.29, 0.717) is 18.4 Å². The number of hydrogen-bond acceptors (Lipinski definition) is 3. The third-order valence-electron chi connectivity index (χ3n) is 5.71. The van der Waals surface area contributed by atoms with Crippen LogP contribution in [-0.2, 0) is 4.79 Å². The van der Waals surface area contributed by atoms with Crippen molar-refractivity contribution >= 4 is 5.91 Å². The van der Waals surface area contributed by atoms with Crippen LogP contribution in [0.3, 0.4) is 0 Å². The fraction of sp³-hybridized carbons (Fsp3) is 0.500. The maximum Gasteiger partial charge on any atom is 0.221 e. The highest BCUT2D eigenvalue weighted by atomic mass is 16.3. The van der Waals surface area contributed by atoms with E-state index >= 15 is 0 Å². The first kappa shape index (κ1) is 18.7. The summed E-state index contributed by atoms with van der Waals surface area (Å²) in [5, 5.41) is 3.29. The molecule has 0 saturated carbocycles. The largest absolute Gasteiger partial charge is 0.469 e. The number of nitrogens with zero attached hydrogens (tertiary/aromatic N) is 1. The van der Waals surface area contributed by atoms with Gasteiger partial charge in [0.1, 0.15) is 5.76 Å². The molecule has 1 aromatic heterocycles. The number of aryl methyl sites for hydroxylation is 1. The highest BCUT2D eigenvalue weighted by molar-refractivity contribution is 5.77. The van der Waals surface area contributed by atoms with Crippen molar-refractivity contribution in [1.82, 2.24) is 10.2 Å². The minimum Gasteiger partial charge on any atom is -0.469 e. The van der Waals surface area contributed by atoms with Crippen LogP contribution in [0.4, 0.5) is 0 Å². The van der Waals surface area contributed by atoms with E-state index in [1.165, 1.54) is 5.56 Å². The summed E-state index contributed by atoms with van der Waals surface area (Å²) in [4.78, 5) is 15.2. The highest BCUT2D eigenvalue weighted by Crippen LogP contribution is 2.29. The summed E-state index contributed by atoms with van der Waals surface area (Å²) >= 11 is 0. The topological polar surface area (TPSA) is 45.5 Å². The van der Waals surface area contributed by atoms with Crippen LogP contribution < -0.4 is 5.32 Å². The molecule has 4 atom stereocenters. The molecule has 2 aromatic rings. The second kappa shape index (κ2) is 8.09. The van der Waals surface area contributed by atoms with Crippen molar-refractivity contribution in [1.29, 1.82) is 0 Å². The summed E-state index contributed by atoms with van der Waals surface area (Å²) in [5.41, 5.74) is 2.33. The van der Waals surface area contributed by atoms with E-state index in [1.807, 2.05) is 12.1 Å². The number of furan rings is 1. The lowest BCUT2D eigenvalue weighted by molar-refractivity contribution is -0.123. The Morgan fingerprint density at radius 2 is 2.00 bits per heavy atom. The van der Waals surface area contributed by atoms with Crippen LogP contribution in [0, 0.1) is 12.8 Å². The van der Waals surface area contributed by atoms with E-state index < -0.39 is 0 Å². The number of rotatable bonds is 5. The van der Waals surface area contributed by atoms with E-state index in [-0.39, 0.29) is 17.9 Å². The Labute approximate surface area is 156 Å². The molecule has 2 heterocycles. The third-order valence-corrected chi connectivity index (χ3v) is 5.71. The number of benzene rings is 1. The first-order valence-electron chi connectivity index (χ1n) is 9.53. The number of piperidine rings is 1. The summed E-state index contributed by atoms with van der Waals surface area (Å²) in [5.74, 6) is 1.35. The molecular weight excluding hydrogens is 324 g/mol.